The number of aromatic nitrogens is 1. The molecule has 0 saturated heterocycles. The third-order valence-electron chi connectivity index (χ3n) is 2.58. The van der Waals surface area contributed by atoms with Crippen LogP contribution in [-0.2, 0) is 0 Å². The molecular weight excluding hydrogens is 358 g/mol. The van der Waals surface area contributed by atoms with Gasteiger partial charge in [0, 0.05) is 21.9 Å². The van der Waals surface area contributed by atoms with Gasteiger partial charge >= 0.3 is 6.03 Å². The van der Waals surface area contributed by atoms with E-state index in [1.807, 2.05) is 0 Å². The van der Waals surface area contributed by atoms with Gasteiger partial charge in [-0.1, -0.05) is 23.7 Å². The highest BCUT2D eigenvalue weighted by Crippen LogP contribution is 2.23. The van der Waals surface area contributed by atoms with Crippen LogP contribution in [-0.4, -0.2) is 16.8 Å². The van der Waals surface area contributed by atoms with Crippen LogP contribution in [0.5, 0.6) is 0 Å². The second-order valence-corrected chi connectivity index (χ2v) is 5.48. The normalized spacial score (nSPS) is 10.0. The summed E-state index contributed by atoms with van der Waals surface area (Å²) < 4.78 is 0.695. The highest BCUT2D eigenvalue weighted by atomic mass is 79.9. The number of hydrogen-bond donors (Lipinski definition) is 2. The summed E-state index contributed by atoms with van der Waals surface area (Å²) in [5, 5.41) is 5.40. The van der Waals surface area contributed by atoms with Crippen molar-refractivity contribution in [3.63, 3.8) is 0 Å². The number of carbonyl (C=O) groups excluding carboxylic acids is 2. The first-order valence-corrected chi connectivity index (χ1v) is 7.13. The smallest absolute Gasteiger partial charge is 0.308 e. The van der Waals surface area contributed by atoms with Crippen molar-refractivity contribution < 1.29 is 9.59 Å². The molecule has 0 unspecified atom stereocenters. The molecule has 0 spiro atoms. The number of nitrogens with zero attached hydrogens (tertiary/aromatic N) is 1. The standard InChI is InChI=1S/C14H11BrClN3O2/c1-8(20)9-3-2-4-11(5-9)18-14(21)19-12-6-10(15)7-17-13(12)16/h2-7H,1H3,(H2,18,19,21). The van der Waals surface area contributed by atoms with Crippen molar-refractivity contribution in [3.8, 4) is 0 Å². The van der Waals surface area contributed by atoms with Crippen molar-refractivity contribution in [2.24, 2.45) is 0 Å². The van der Waals surface area contributed by atoms with E-state index in [-0.39, 0.29) is 10.9 Å². The minimum Gasteiger partial charge on any atom is -0.308 e. The fourth-order valence-electron chi connectivity index (χ4n) is 1.61. The first-order chi connectivity index (χ1) is 9.95. The van der Waals surface area contributed by atoms with E-state index in [4.69, 9.17) is 11.6 Å². The van der Waals surface area contributed by atoms with Gasteiger partial charge < -0.3 is 10.6 Å². The maximum Gasteiger partial charge on any atom is 0.323 e. The lowest BCUT2D eigenvalue weighted by atomic mass is 10.1. The molecule has 5 nitrogen and oxygen atoms in total. The Morgan fingerprint density at radius 3 is 2.71 bits per heavy atom. The van der Waals surface area contributed by atoms with Crippen molar-refractivity contribution in [2.75, 3.05) is 10.6 Å². The molecule has 0 aliphatic heterocycles. The number of rotatable bonds is 3. The molecule has 2 amide bonds. The maximum absolute atomic E-state index is 11.9. The average molecular weight is 369 g/mol. The van der Waals surface area contributed by atoms with Gasteiger partial charge in [0.25, 0.3) is 0 Å². The number of anilines is 2. The van der Waals surface area contributed by atoms with Crippen LogP contribution in [0.1, 0.15) is 17.3 Å². The molecule has 0 saturated carbocycles. The highest BCUT2D eigenvalue weighted by molar-refractivity contribution is 9.10. The molecule has 0 radical (unpaired) electrons. The van der Waals surface area contributed by atoms with E-state index in [2.05, 4.69) is 31.5 Å². The first-order valence-electron chi connectivity index (χ1n) is 5.96. The Morgan fingerprint density at radius 2 is 2.00 bits per heavy atom. The van der Waals surface area contributed by atoms with E-state index in [1.165, 1.54) is 13.1 Å². The molecule has 0 bridgehead atoms. The highest BCUT2D eigenvalue weighted by Gasteiger charge is 2.08. The molecule has 21 heavy (non-hydrogen) atoms. The molecule has 0 aliphatic rings. The van der Waals surface area contributed by atoms with Gasteiger partial charge in [-0.2, -0.15) is 0 Å². The van der Waals surface area contributed by atoms with Crippen molar-refractivity contribution >= 4 is 50.7 Å². The quantitative estimate of drug-likeness (QED) is 0.625. The van der Waals surface area contributed by atoms with Gasteiger partial charge in [-0.3, -0.25) is 4.79 Å². The van der Waals surface area contributed by atoms with E-state index in [9.17, 15) is 9.59 Å². The van der Waals surface area contributed by atoms with Crippen LogP contribution in [0.15, 0.2) is 41.0 Å². The SMILES string of the molecule is CC(=O)c1cccc(NC(=O)Nc2cc(Br)cnc2Cl)c1. The maximum atomic E-state index is 11.9. The Balaban J connectivity index is 2.10. The molecule has 0 atom stereocenters. The Morgan fingerprint density at radius 1 is 1.24 bits per heavy atom. The number of carbonyl (C=O) groups is 2. The van der Waals surface area contributed by atoms with Gasteiger partial charge in [-0.25, -0.2) is 9.78 Å². The molecular formula is C14H11BrClN3O2. The number of amides is 2. The lowest BCUT2D eigenvalue weighted by Gasteiger charge is -2.09. The van der Waals surface area contributed by atoms with Crippen LogP contribution in [0.2, 0.25) is 5.15 Å². The molecule has 0 aliphatic carbocycles. The zero-order valence-corrected chi connectivity index (χ0v) is 13.3. The van der Waals surface area contributed by atoms with Gasteiger partial charge in [-0.15, -0.1) is 0 Å². The predicted molar refractivity (Wildman–Crippen MR) is 86.0 cm³/mol. The fraction of sp³-hybridized carbons (Fsp3) is 0.0714. The number of hydrogen-bond acceptors (Lipinski definition) is 3. The van der Waals surface area contributed by atoms with E-state index >= 15 is 0 Å². The summed E-state index contributed by atoms with van der Waals surface area (Å²) in [6.07, 6.45) is 1.53. The van der Waals surface area contributed by atoms with E-state index < -0.39 is 6.03 Å². The molecule has 2 N–H and O–H groups in total. The average Bonchev–Trinajstić information content (AvgIpc) is 2.43. The molecule has 7 heteroatoms. The van der Waals surface area contributed by atoms with Gasteiger partial charge in [0.2, 0.25) is 0 Å². The number of halogens is 2. The van der Waals surface area contributed by atoms with Crippen molar-refractivity contribution in [1.29, 1.82) is 0 Å². The Hall–Kier alpha value is -1.92. The molecule has 2 rings (SSSR count). The minimum atomic E-state index is -0.475. The summed E-state index contributed by atoms with van der Waals surface area (Å²) in [6, 6.07) is 7.83. The zero-order valence-electron chi connectivity index (χ0n) is 11.0. The predicted octanol–water partition coefficient (Wildman–Crippen LogP) is 4.34. The molecule has 0 fully saturated rings. The van der Waals surface area contributed by atoms with Crippen LogP contribution in [0.4, 0.5) is 16.2 Å². The van der Waals surface area contributed by atoms with Crippen molar-refractivity contribution in [2.45, 2.75) is 6.92 Å². The Labute approximate surface area is 134 Å². The summed E-state index contributed by atoms with van der Waals surface area (Å²) in [4.78, 5) is 27.1. The van der Waals surface area contributed by atoms with Gasteiger partial charge in [0.1, 0.15) is 0 Å². The lowest BCUT2D eigenvalue weighted by Crippen LogP contribution is -2.20. The van der Waals surface area contributed by atoms with Crippen LogP contribution >= 0.6 is 27.5 Å². The number of benzene rings is 1. The Kier molecular flexibility index (Phi) is 4.93. The topological polar surface area (TPSA) is 71.1 Å². The summed E-state index contributed by atoms with van der Waals surface area (Å²) in [5.41, 5.74) is 1.42. The number of Topliss-reactive ketones (excluding diaryl/α,β-unsaturated/α-hetero) is 1. The first kappa shape index (κ1) is 15.5. The third kappa shape index (κ3) is 4.27. The largest absolute Gasteiger partial charge is 0.323 e. The number of ketones is 1. The minimum absolute atomic E-state index is 0.0710. The summed E-state index contributed by atoms with van der Waals surface area (Å²) in [7, 11) is 0. The molecule has 1 heterocycles. The summed E-state index contributed by atoms with van der Waals surface area (Å²) in [5.74, 6) is -0.0710. The number of nitrogens with one attached hydrogen (secondary N) is 2. The number of pyridine rings is 1. The fourth-order valence-corrected chi connectivity index (χ4v) is 2.09. The van der Waals surface area contributed by atoms with Crippen LogP contribution in [0, 0.1) is 0 Å². The number of urea groups is 1. The van der Waals surface area contributed by atoms with Crippen LogP contribution in [0.3, 0.4) is 0 Å². The summed E-state index contributed by atoms with van der Waals surface area (Å²) in [6.45, 7) is 1.46. The lowest BCUT2D eigenvalue weighted by molar-refractivity contribution is 0.101. The van der Waals surface area contributed by atoms with Crippen molar-refractivity contribution in [3.05, 3.63) is 51.7 Å². The van der Waals surface area contributed by atoms with Gasteiger partial charge in [-0.05, 0) is 41.1 Å². The molecule has 2 aromatic rings. The molecule has 108 valence electrons. The van der Waals surface area contributed by atoms with Crippen molar-refractivity contribution in [1.82, 2.24) is 4.98 Å². The van der Waals surface area contributed by atoms with Crippen LogP contribution in [0.25, 0.3) is 0 Å². The molecule has 1 aromatic heterocycles. The molecule has 1 aromatic carbocycles. The van der Waals surface area contributed by atoms with Gasteiger partial charge in [0.15, 0.2) is 10.9 Å². The van der Waals surface area contributed by atoms with Crippen LogP contribution < -0.4 is 10.6 Å². The zero-order chi connectivity index (χ0) is 15.4. The third-order valence-corrected chi connectivity index (χ3v) is 3.32. The monoisotopic (exact) mass is 367 g/mol. The Bertz CT molecular complexity index is 706. The van der Waals surface area contributed by atoms with Gasteiger partial charge in [0.05, 0.1) is 5.69 Å². The van der Waals surface area contributed by atoms with E-state index in [0.717, 1.165) is 0 Å². The second-order valence-electron chi connectivity index (χ2n) is 4.21. The second kappa shape index (κ2) is 6.69. The summed E-state index contributed by atoms with van der Waals surface area (Å²) >= 11 is 9.14. The van der Waals surface area contributed by atoms with E-state index in [0.29, 0.717) is 21.4 Å². The van der Waals surface area contributed by atoms with E-state index in [1.54, 1.807) is 30.3 Å².